The standard InChI is InChI=1S/C25H30ClNO3.ClH/c1-3-30-23-13-20-16-25(26,24(28)21(20)14-22(23)29-2)15-18-9-11-27(12-10-18)17-19-7-5-4-6-8-19;/h4-8,13-14,18H,3,9-12,15-17H2,1-2H3;1H. The van der Waals surface area contributed by atoms with Crippen LogP contribution >= 0.6 is 24.0 Å². The number of fused-ring (bicyclic) bond motifs is 1. The molecule has 1 saturated heterocycles. The van der Waals surface area contributed by atoms with Gasteiger partial charge in [0.2, 0.25) is 0 Å². The summed E-state index contributed by atoms with van der Waals surface area (Å²) in [5.41, 5.74) is 3.01. The van der Waals surface area contributed by atoms with Crippen LogP contribution in [0.15, 0.2) is 42.5 Å². The highest BCUT2D eigenvalue weighted by Crippen LogP contribution is 2.45. The van der Waals surface area contributed by atoms with E-state index in [1.54, 1.807) is 13.2 Å². The fraction of sp³-hybridized carbons (Fsp3) is 0.480. The normalized spacial score (nSPS) is 21.5. The smallest absolute Gasteiger partial charge is 0.184 e. The monoisotopic (exact) mass is 463 g/mol. The van der Waals surface area contributed by atoms with Gasteiger partial charge in [0.1, 0.15) is 4.87 Å². The first-order valence-corrected chi connectivity index (χ1v) is 11.2. The molecule has 0 N–H and O–H groups in total. The van der Waals surface area contributed by atoms with Crippen LogP contribution in [0.3, 0.4) is 0 Å². The zero-order valence-corrected chi connectivity index (χ0v) is 19.8. The van der Waals surface area contributed by atoms with Crippen LogP contribution in [0.1, 0.15) is 47.7 Å². The first kappa shape index (κ1) is 23.9. The molecule has 2 aliphatic rings. The van der Waals surface area contributed by atoms with E-state index in [9.17, 15) is 4.79 Å². The molecule has 0 saturated carbocycles. The predicted octanol–water partition coefficient (Wildman–Crippen LogP) is 5.53. The number of ketones is 1. The minimum atomic E-state index is -0.843. The van der Waals surface area contributed by atoms with Crippen LogP contribution in [0.25, 0.3) is 0 Å². The van der Waals surface area contributed by atoms with Crippen LogP contribution in [0.2, 0.25) is 0 Å². The van der Waals surface area contributed by atoms with Crippen molar-refractivity contribution in [2.75, 3.05) is 26.8 Å². The van der Waals surface area contributed by atoms with Crippen LogP contribution in [0.4, 0.5) is 0 Å². The third kappa shape index (κ3) is 5.19. The van der Waals surface area contributed by atoms with Gasteiger partial charge >= 0.3 is 0 Å². The molecule has 4 rings (SSSR count). The number of alkyl halides is 1. The summed E-state index contributed by atoms with van der Waals surface area (Å²) in [6, 6.07) is 14.3. The van der Waals surface area contributed by atoms with Crippen molar-refractivity contribution < 1.29 is 14.3 Å². The van der Waals surface area contributed by atoms with Crippen molar-refractivity contribution >= 4 is 29.8 Å². The molecule has 1 heterocycles. The van der Waals surface area contributed by atoms with E-state index in [-0.39, 0.29) is 18.2 Å². The molecule has 0 radical (unpaired) electrons. The zero-order chi connectivity index (χ0) is 21.1. The van der Waals surface area contributed by atoms with Gasteiger partial charge in [0.25, 0.3) is 0 Å². The Morgan fingerprint density at radius 2 is 1.84 bits per heavy atom. The van der Waals surface area contributed by atoms with Gasteiger partial charge in [0.05, 0.1) is 13.7 Å². The van der Waals surface area contributed by atoms with Crippen LogP contribution in [-0.4, -0.2) is 42.4 Å². The van der Waals surface area contributed by atoms with Crippen molar-refractivity contribution in [1.29, 1.82) is 0 Å². The van der Waals surface area contributed by atoms with Crippen molar-refractivity contribution in [2.45, 2.75) is 44.0 Å². The second-order valence-corrected chi connectivity index (χ2v) is 9.20. The molecule has 1 aliphatic heterocycles. The van der Waals surface area contributed by atoms with Crippen LogP contribution < -0.4 is 9.47 Å². The second kappa shape index (κ2) is 10.2. The van der Waals surface area contributed by atoms with Gasteiger partial charge in [-0.15, -0.1) is 24.0 Å². The van der Waals surface area contributed by atoms with Gasteiger partial charge in [-0.1, -0.05) is 30.3 Å². The lowest BCUT2D eigenvalue weighted by Gasteiger charge is -2.34. The van der Waals surface area contributed by atoms with Crippen LogP contribution in [-0.2, 0) is 13.0 Å². The van der Waals surface area contributed by atoms with E-state index in [0.29, 0.717) is 36.0 Å². The molecule has 0 bridgehead atoms. The maximum absolute atomic E-state index is 13.2. The van der Waals surface area contributed by atoms with Gasteiger partial charge in [-0.2, -0.15) is 0 Å². The summed E-state index contributed by atoms with van der Waals surface area (Å²) in [6.07, 6.45) is 3.46. The van der Waals surface area contributed by atoms with Crippen molar-refractivity contribution in [2.24, 2.45) is 5.92 Å². The molecule has 1 fully saturated rings. The average molecular weight is 464 g/mol. The quantitative estimate of drug-likeness (QED) is 0.505. The number of nitrogens with zero attached hydrogens (tertiary/aromatic N) is 1. The molecule has 0 amide bonds. The minimum Gasteiger partial charge on any atom is -0.493 e. The number of benzene rings is 2. The van der Waals surface area contributed by atoms with E-state index in [1.807, 2.05) is 13.0 Å². The summed E-state index contributed by atoms with van der Waals surface area (Å²) in [5, 5.41) is 0. The van der Waals surface area contributed by atoms with Crippen molar-refractivity contribution in [3.63, 3.8) is 0 Å². The lowest BCUT2D eigenvalue weighted by atomic mass is 9.84. The molecular formula is C25H31Cl2NO3. The highest BCUT2D eigenvalue weighted by molar-refractivity contribution is 6.39. The van der Waals surface area contributed by atoms with Gasteiger partial charge in [0, 0.05) is 12.1 Å². The summed E-state index contributed by atoms with van der Waals surface area (Å²) in [7, 11) is 1.60. The predicted molar refractivity (Wildman–Crippen MR) is 127 cm³/mol. The lowest BCUT2D eigenvalue weighted by molar-refractivity contribution is 0.0919. The number of likely N-dealkylation sites (tertiary alicyclic amines) is 1. The SMILES string of the molecule is CCOc1cc2c(cc1OC)C(=O)C(Cl)(CC1CCN(Cc3ccccc3)CC1)C2.Cl. The third-order valence-corrected chi connectivity index (χ3v) is 6.84. The summed E-state index contributed by atoms with van der Waals surface area (Å²) >= 11 is 6.97. The fourth-order valence-corrected chi connectivity index (χ4v) is 5.29. The molecule has 1 atom stereocenters. The number of ether oxygens (including phenoxy) is 2. The number of halogens is 2. The topological polar surface area (TPSA) is 38.8 Å². The van der Waals surface area contributed by atoms with Gasteiger partial charge in [-0.25, -0.2) is 0 Å². The Morgan fingerprint density at radius 1 is 1.13 bits per heavy atom. The van der Waals surface area contributed by atoms with E-state index in [4.69, 9.17) is 21.1 Å². The van der Waals surface area contributed by atoms with Gasteiger partial charge < -0.3 is 9.47 Å². The van der Waals surface area contributed by atoms with Crippen LogP contribution in [0.5, 0.6) is 11.5 Å². The zero-order valence-electron chi connectivity index (χ0n) is 18.2. The van der Waals surface area contributed by atoms with Crippen molar-refractivity contribution in [1.82, 2.24) is 4.90 Å². The summed E-state index contributed by atoms with van der Waals surface area (Å²) in [5.74, 6) is 1.79. The molecule has 4 nitrogen and oxygen atoms in total. The number of piperidine rings is 1. The average Bonchev–Trinajstić information content (AvgIpc) is 2.99. The molecule has 0 spiro atoms. The Kier molecular flexibility index (Phi) is 7.90. The Hall–Kier alpha value is -1.75. The largest absolute Gasteiger partial charge is 0.493 e. The number of carbonyl (C=O) groups is 1. The van der Waals surface area contributed by atoms with Gasteiger partial charge in [0.15, 0.2) is 17.3 Å². The lowest BCUT2D eigenvalue weighted by Crippen LogP contribution is -2.38. The number of Topliss-reactive ketones (excluding diaryl/α,β-unsaturated/α-hetero) is 1. The summed E-state index contributed by atoms with van der Waals surface area (Å²) in [6.45, 7) is 5.58. The van der Waals surface area contributed by atoms with Gasteiger partial charge in [-0.05, 0) is 74.9 Å². The van der Waals surface area contributed by atoms with E-state index >= 15 is 0 Å². The Morgan fingerprint density at radius 3 is 2.48 bits per heavy atom. The highest BCUT2D eigenvalue weighted by Gasteiger charge is 2.46. The van der Waals surface area contributed by atoms with E-state index < -0.39 is 4.87 Å². The first-order valence-electron chi connectivity index (χ1n) is 10.9. The summed E-state index contributed by atoms with van der Waals surface area (Å²) < 4.78 is 11.1. The third-order valence-electron chi connectivity index (χ3n) is 6.38. The van der Waals surface area contributed by atoms with Crippen molar-refractivity contribution in [3.05, 3.63) is 59.2 Å². The molecule has 31 heavy (non-hydrogen) atoms. The maximum atomic E-state index is 13.2. The molecule has 0 aromatic heterocycles. The molecule has 6 heteroatoms. The fourth-order valence-electron chi connectivity index (χ4n) is 4.82. The van der Waals surface area contributed by atoms with E-state index in [1.165, 1.54) is 5.56 Å². The molecule has 1 aliphatic carbocycles. The number of methoxy groups -OCH3 is 1. The second-order valence-electron chi connectivity index (χ2n) is 8.47. The molecule has 1 unspecified atom stereocenters. The molecule has 2 aromatic carbocycles. The van der Waals surface area contributed by atoms with E-state index in [2.05, 4.69) is 35.2 Å². The highest BCUT2D eigenvalue weighted by atomic mass is 35.5. The molecular weight excluding hydrogens is 433 g/mol. The van der Waals surface area contributed by atoms with Crippen molar-refractivity contribution in [3.8, 4) is 11.5 Å². The molecule has 168 valence electrons. The maximum Gasteiger partial charge on any atom is 0.184 e. The Bertz CT molecular complexity index is 897. The molecule has 2 aromatic rings. The first-order chi connectivity index (χ1) is 14.5. The number of hydrogen-bond acceptors (Lipinski definition) is 4. The van der Waals surface area contributed by atoms with Gasteiger partial charge in [-0.3, -0.25) is 9.69 Å². The Labute approximate surface area is 196 Å². The number of rotatable bonds is 7. The Balaban J connectivity index is 0.00000272. The van der Waals surface area contributed by atoms with Crippen LogP contribution in [0, 0.1) is 5.92 Å². The minimum absolute atomic E-state index is 0. The summed E-state index contributed by atoms with van der Waals surface area (Å²) in [4.78, 5) is 14.9. The number of hydrogen-bond donors (Lipinski definition) is 0. The van der Waals surface area contributed by atoms with E-state index in [0.717, 1.165) is 44.5 Å². The number of carbonyl (C=O) groups excluding carboxylic acids is 1.